The van der Waals surface area contributed by atoms with Crippen LogP contribution in [-0.2, 0) is 4.79 Å². The molecule has 1 aliphatic carbocycles. The van der Waals surface area contributed by atoms with E-state index in [2.05, 4.69) is 0 Å². The Hall–Kier alpha value is -2.35. The fraction of sp³-hybridized carbons (Fsp3) is 0.292. The third-order valence-electron chi connectivity index (χ3n) is 5.53. The first-order chi connectivity index (χ1) is 15.5. The lowest BCUT2D eigenvalue weighted by molar-refractivity contribution is -0.124. The average Bonchev–Trinajstić information content (AvgIpc) is 3.08. The van der Waals surface area contributed by atoms with Gasteiger partial charge in [-0.3, -0.25) is 9.69 Å². The highest BCUT2D eigenvalue weighted by molar-refractivity contribution is 8.26. The van der Waals surface area contributed by atoms with Crippen molar-refractivity contribution in [3.8, 4) is 11.5 Å². The van der Waals surface area contributed by atoms with E-state index in [-0.39, 0.29) is 11.9 Å². The summed E-state index contributed by atoms with van der Waals surface area (Å²) in [5.74, 6) is 0.133. The predicted molar refractivity (Wildman–Crippen MR) is 131 cm³/mol. The van der Waals surface area contributed by atoms with E-state index < -0.39 is 5.97 Å². The smallest absolute Gasteiger partial charge is 0.343 e. The van der Waals surface area contributed by atoms with Gasteiger partial charge in [-0.15, -0.1) is 0 Å². The zero-order valence-corrected chi connectivity index (χ0v) is 19.9. The zero-order chi connectivity index (χ0) is 22.7. The molecule has 0 spiro atoms. The molecular formula is C24H22ClNO4S2. The Morgan fingerprint density at radius 3 is 2.53 bits per heavy atom. The highest BCUT2D eigenvalue weighted by atomic mass is 35.5. The molecule has 32 heavy (non-hydrogen) atoms. The molecule has 2 fully saturated rings. The number of thioether (sulfide) groups is 1. The van der Waals surface area contributed by atoms with E-state index in [1.807, 2.05) is 0 Å². The third kappa shape index (κ3) is 5.00. The minimum absolute atomic E-state index is 0.0379. The van der Waals surface area contributed by atoms with Gasteiger partial charge in [-0.05, 0) is 60.9 Å². The fourth-order valence-corrected chi connectivity index (χ4v) is 5.41. The first kappa shape index (κ1) is 22.8. The van der Waals surface area contributed by atoms with Gasteiger partial charge in [-0.25, -0.2) is 4.79 Å². The number of ether oxygens (including phenoxy) is 2. The minimum atomic E-state index is -0.513. The summed E-state index contributed by atoms with van der Waals surface area (Å²) < 4.78 is 11.5. The van der Waals surface area contributed by atoms with Crippen molar-refractivity contribution in [2.45, 2.75) is 38.1 Å². The number of thiocarbonyl (C=S) groups is 1. The van der Waals surface area contributed by atoms with E-state index in [4.69, 9.17) is 33.3 Å². The normalized spacial score (nSPS) is 18.3. The lowest BCUT2D eigenvalue weighted by atomic mass is 9.94. The van der Waals surface area contributed by atoms with E-state index in [1.54, 1.807) is 53.4 Å². The average molecular weight is 488 g/mol. The monoisotopic (exact) mass is 487 g/mol. The molecule has 166 valence electrons. The molecule has 2 aromatic carbocycles. The molecule has 1 amide bonds. The van der Waals surface area contributed by atoms with Gasteiger partial charge in [0.05, 0.1) is 17.6 Å². The van der Waals surface area contributed by atoms with Crippen molar-refractivity contribution in [2.75, 3.05) is 7.11 Å². The second-order valence-electron chi connectivity index (χ2n) is 7.65. The van der Waals surface area contributed by atoms with E-state index in [1.165, 1.54) is 25.3 Å². The quantitative estimate of drug-likeness (QED) is 0.220. The SMILES string of the molecule is COc1cc(/C=C2\SC(=S)N(C3CCCCC3)C2=O)ccc1OC(=O)c1ccc(Cl)cc1. The molecule has 0 unspecified atom stereocenters. The van der Waals surface area contributed by atoms with Crippen LogP contribution in [-0.4, -0.2) is 34.2 Å². The summed E-state index contributed by atoms with van der Waals surface area (Å²) in [5.41, 5.74) is 1.14. The lowest BCUT2D eigenvalue weighted by Gasteiger charge is -2.29. The minimum Gasteiger partial charge on any atom is -0.493 e. The second kappa shape index (κ2) is 10.1. The van der Waals surface area contributed by atoms with E-state index >= 15 is 0 Å². The van der Waals surface area contributed by atoms with Crippen LogP contribution in [0.5, 0.6) is 11.5 Å². The Morgan fingerprint density at radius 2 is 1.84 bits per heavy atom. The fourth-order valence-electron chi connectivity index (χ4n) is 3.89. The van der Waals surface area contributed by atoms with Crippen molar-refractivity contribution in [3.63, 3.8) is 0 Å². The van der Waals surface area contributed by atoms with Crippen LogP contribution < -0.4 is 9.47 Å². The topological polar surface area (TPSA) is 55.8 Å². The Kier molecular flexibility index (Phi) is 7.18. The summed E-state index contributed by atoms with van der Waals surface area (Å²) in [5, 5.41) is 0.539. The maximum atomic E-state index is 13.0. The number of esters is 1. The Bertz CT molecular complexity index is 1080. The van der Waals surface area contributed by atoms with Crippen molar-refractivity contribution >= 4 is 57.9 Å². The number of carbonyl (C=O) groups is 2. The molecule has 0 bridgehead atoms. The predicted octanol–water partition coefficient (Wildman–Crippen LogP) is 6.10. The van der Waals surface area contributed by atoms with Gasteiger partial charge in [0, 0.05) is 11.1 Å². The second-order valence-corrected chi connectivity index (χ2v) is 9.76. The molecule has 1 saturated carbocycles. The van der Waals surface area contributed by atoms with Crippen molar-refractivity contribution in [2.24, 2.45) is 0 Å². The summed E-state index contributed by atoms with van der Waals surface area (Å²) in [4.78, 5) is 27.8. The van der Waals surface area contributed by atoms with Crippen LogP contribution in [0.4, 0.5) is 0 Å². The van der Waals surface area contributed by atoms with Crippen LogP contribution >= 0.6 is 35.6 Å². The standard InChI is InChI=1S/C24H22ClNO4S2/c1-29-20-13-15(7-12-19(20)30-23(28)16-8-10-17(25)11-9-16)14-21-22(27)26(24(31)32-21)18-5-3-2-4-6-18/h7-14,18H,2-6H2,1H3/b21-14-. The first-order valence-corrected chi connectivity index (χ1v) is 12.0. The number of benzene rings is 2. The van der Waals surface area contributed by atoms with Crippen molar-refractivity contribution in [1.29, 1.82) is 0 Å². The van der Waals surface area contributed by atoms with Gasteiger partial charge >= 0.3 is 5.97 Å². The van der Waals surface area contributed by atoms with E-state index in [9.17, 15) is 9.59 Å². The largest absolute Gasteiger partial charge is 0.493 e. The van der Waals surface area contributed by atoms with E-state index in [0.717, 1.165) is 31.2 Å². The zero-order valence-electron chi connectivity index (χ0n) is 17.5. The van der Waals surface area contributed by atoms with Gasteiger partial charge < -0.3 is 9.47 Å². The molecule has 2 aliphatic rings. The highest BCUT2D eigenvalue weighted by Crippen LogP contribution is 2.38. The number of hydrogen-bond acceptors (Lipinski definition) is 6. The van der Waals surface area contributed by atoms with Crippen LogP contribution in [0.3, 0.4) is 0 Å². The molecule has 5 nitrogen and oxygen atoms in total. The van der Waals surface area contributed by atoms with Gasteiger partial charge in [-0.1, -0.05) is 60.9 Å². The number of amides is 1. The molecular weight excluding hydrogens is 466 g/mol. The molecule has 0 aromatic heterocycles. The third-order valence-corrected chi connectivity index (χ3v) is 7.11. The summed E-state index contributed by atoms with van der Waals surface area (Å²) in [6, 6.07) is 11.8. The number of methoxy groups -OCH3 is 1. The lowest BCUT2D eigenvalue weighted by Crippen LogP contribution is -2.39. The van der Waals surface area contributed by atoms with Gasteiger partial charge in [0.25, 0.3) is 5.91 Å². The van der Waals surface area contributed by atoms with Gasteiger partial charge in [0.1, 0.15) is 4.32 Å². The first-order valence-electron chi connectivity index (χ1n) is 10.4. The molecule has 1 saturated heterocycles. The van der Waals surface area contributed by atoms with Crippen LogP contribution in [0, 0.1) is 0 Å². The van der Waals surface area contributed by atoms with Gasteiger partial charge in [0.15, 0.2) is 11.5 Å². The van der Waals surface area contributed by atoms with Crippen molar-refractivity contribution in [3.05, 3.63) is 63.5 Å². The number of carbonyl (C=O) groups excluding carboxylic acids is 2. The number of hydrogen-bond donors (Lipinski definition) is 0. The van der Waals surface area contributed by atoms with Crippen LogP contribution in [0.15, 0.2) is 47.4 Å². The van der Waals surface area contributed by atoms with Crippen LogP contribution in [0.2, 0.25) is 5.02 Å². The van der Waals surface area contributed by atoms with Crippen LogP contribution in [0.1, 0.15) is 48.0 Å². The number of nitrogens with zero attached hydrogens (tertiary/aromatic N) is 1. The maximum Gasteiger partial charge on any atom is 0.343 e. The highest BCUT2D eigenvalue weighted by Gasteiger charge is 2.37. The summed E-state index contributed by atoms with van der Waals surface area (Å²) in [7, 11) is 1.50. The number of halogens is 1. The van der Waals surface area contributed by atoms with Crippen molar-refractivity contribution < 1.29 is 19.1 Å². The molecule has 0 N–H and O–H groups in total. The molecule has 8 heteroatoms. The van der Waals surface area contributed by atoms with E-state index in [0.29, 0.717) is 31.3 Å². The molecule has 4 rings (SSSR count). The molecule has 1 heterocycles. The molecule has 2 aromatic rings. The summed E-state index contributed by atoms with van der Waals surface area (Å²) >= 11 is 12.7. The summed E-state index contributed by atoms with van der Waals surface area (Å²) in [6.45, 7) is 0. The Morgan fingerprint density at radius 1 is 1.12 bits per heavy atom. The van der Waals surface area contributed by atoms with Crippen molar-refractivity contribution in [1.82, 2.24) is 4.90 Å². The maximum absolute atomic E-state index is 13.0. The van der Waals surface area contributed by atoms with Crippen LogP contribution in [0.25, 0.3) is 6.08 Å². The Balaban J connectivity index is 1.51. The molecule has 0 atom stereocenters. The molecule has 0 radical (unpaired) electrons. The van der Waals surface area contributed by atoms with Gasteiger partial charge in [0.2, 0.25) is 0 Å². The Labute approximate surface area is 201 Å². The van der Waals surface area contributed by atoms with Gasteiger partial charge in [-0.2, -0.15) is 0 Å². The summed E-state index contributed by atoms with van der Waals surface area (Å²) in [6.07, 6.45) is 7.29. The molecule has 1 aliphatic heterocycles. The number of rotatable bonds is 5.